The van der Waals surface area contributed by atoms with Crippen LogP contribution in [0.1, 0.15) is 19.4 Å². The van der Waals surface area contributed by atoms with Gasteiger partial charge in [-0.1, -0.05) is 12.1 Å². The summed E-state index contributed by atoms with van der Waals surface area (Å²) < 4.78 is 45.4. The summed E-state index contributed by atoms with van der Waals surface area (Å²) in [7, 11) is 0. The lowest BCUT2D eigenvalue weighted by Gasteiger charge is -2.12. The molecule has 0 saturated heterocycles. The van der Waals surface area contributed by atoms with Gasteiger partial charge >= 0.3 is 0 Å². The van der Waals surface area contributed by atoms with Gasteiger partial charge in [-0.15, -0.1) is 0 Å². The highest BCUT2D eigenvalue weighted by Crippen LogP contribution is 2.22. The van der Waals surface area contributed by atoms with E-state index in [1.54, 1.807) is 18.2 Å². The molecule has 0 aliphatic rings. The first-order valence-corrected chi connectivity index (χ1v) is 6.59. The van der Waals surface area contributed by atoms with Crippen LogP contribution in [-0.2, 0) is 6.54 Å². The molecule has 112 valence electrons. The lowest BCUT2D eigenvalue weighted by atomic mass is 10.2. The summed E-state index contributed by atoms with van der Waals surface area (Å²) in [6.45, 7) is 4.02. The van der Waals surface area contributed by atoms with E-state index in [1.807, 2.05) is 19.9 Å². The number of rotatable bonds is 5. The first-order valence-electron chi connectivity index (χ1n) is 6.59. The summed E-state index contributed by atoms with van der Waals surface area (Å²) in [5.41, 5.74) is 0.461. The third-order valence-electron chi connectivity index (χ3n) is 2.75. The monoisotopic (exact) mass is 295 g/mol. The first kappa shape index (κ1) is 15.2. The van der Waals surface area contributed by atoms with Gasteiger partial charge in [-0.25, -0.2) is 13.2 Å². The minimum absolute atomic E-state index is 0.0418. The van der Waals surface area contributed by atoms with E-state index >= 15 is 0 Å². The first-order chi connectivity index (χ1) is 9.95. The van der Waals surface area contributed by atoms with E-state index in [9.17, 15) is 13.2 Å². The van der Waals surface area contributed by atoms with E-state index in [0.29, 0.717) is 17.9 Å². The number of halogens is 3. The summed E-state index contributed by atoms with van der Waals surface area (Å²) in [6.07, 6.45) is 0.0418. The average Bonchev–Trinajstić information content (AvgIpc) is 2.37. The van der Waals surface area contributed by atoms with Crippen molar-refractivity contribution < 1.29 is 17.9 Å². The van der Waals surface area contributed by atoms with Crippen LogP contribution in [0.15, 0.2) is 36.4 Å². The maximum Gasteiger partial charge on any atom is 0.152 e. The minimum Gasteiger partial charge on any atom is -0.491 e. The number of nitrogens with one attached hydrogen (secondary N) is 1. The van der Waals surface area contributed by atoms with Crippen LogP contribution < -0.4 is 10.1 Å². The second-order valence-electron chi connectivity index (χ2n) is 4.91. The maximum absolute atomic E-state index is 13.5. The third-order valence-corrected chi connectivity index (χ3v) is 2.75. The van der Waals surface area contributed by atoms with Gasteiger partial charge in [0, 0.05) is 18.7 Å². The largest absolute Gasteiger partial charge is 0.491 e. The Kier molecular flexibility index (Phi) is 4.73. The number of benzene rings is 2. The molecule has 0 radical (unpaired) electrons. The molecule has 0 aliphatic heterocycles. The van der Waals surface area contributed by atoms with Crippen LogP contribution in [0.2, 0.25) is 0 Å². The smallest absolute Gasteiger partial charge is 0.152 e. The third kappa shape index (κ3) is 4.15. The van der Waals surface area contributed by atoms with Crippen LogP contribution in [0.5, 0.6) is 5.75 Å². The Morgan fingerprint density at radius 1 is 1.05 bits per heavy atom. The highest BCUT2D eigenvalue weighted by Gasteiger charge is 2.11. The number of hydrogen-bond donors (Lipinski definition) is 1. The van der Waals surface area contributed by atoms with Crippen molar-refractivity contribution in [1.82, 2.24) is 0 Å². The van der Waals surface area contributed by atoms with E-state index in [0.717, 1.165) is 5.56 Å². The van der Waals surface area contributed by atoms with Crippen molar-refractivity contribution in [2.45, 2.75) is 26.5 Å². The molecule has 0 fully saturated rings. The van der Waals surface area contributed by atoms with Crippen molar-refractivity contribution in [3.63, 3.8) is 0 Å². The summed E-state index contributed by atoms with van der Waals surface area (Å²) in [6, 6.07) is 8.48. The number of anilines is 1. The van der Waals surface area contributed by atoms with Gasteiger partial charge in [0.25, 0.3) is 0 Å². The van der Waals surface area contributed by atoms with E-state index < -0.39 is 17.5 Å². The van der Waals surface area contributed by atoms with E-state index in [2.05, 4.69) is 5.32 Å². The highest BCUT2D eigenvalue weighted by molar-refractivity contribution is 5.47. The molecule has 0 atom stereocenters. The quantitative estimate of drug-likeness (QED) is 0.876. The molecule has 5 heteroatoms. The Hall–Kier alpha value is -2.17. The Balaban J connectivity index is 2.10. The minimum atomic E-state index is -0.956. The molecule has 2 aromatic carbocycles. The summed E-state index contributed by atoms with van der Waals surface area (Å²) in [4.78, 5) is 0. The Morgan fingerprint density at radius 3 is 2.33 bits per heavy atom. The van der Waals surface area contributed by atoms with E-state index in [1.165, 1.54) is 0 Å². The van der Waals surface area contributed by atoms with Crippen LogP contribution in [0, 0.1) is 17.5 Å². The molecule has 2 nitrogen and oxygen atoms in total. The second-order valence-corrected chi connectivity index (χ2v) is 4.91. The van der Waals surface area contributed by atoms with Gasteiger partial charge in [0.05, 0.1) is 6.10 Å². The van der Waals surface area contributed by atoms with Crippen molar-refractivity contribution in [2.24, 2.45) is 0 Å². The highest BCUT2D eigenvalue weighted by atomic mass is 19.1. The van der Waals surface area contributed by atoms with Crippen molar-refractivity contribution in [3.8, 4) is 5.75 Å². The summed E-state index contributed by atoms with van der Waals surface area (Å²) in [5.74, 6) is -2.17. The molecule has 0 bridgehead atoms. The van der Waals surface area contributed by atoms with Crippen LogP contribution in [0.4, 0.5) is 18.9 Å². The van der Waals surface area contributed by atoms with Gasteiger partial charge < -0.3 is 10.1 Å². The molecule has 0 aromatic heterocycles. The van der Waals surface area contributed by atoms with Gasteiger partial charge in [0.2, 0.25) is 0 Å². The molecule has 0 unspecified atom stereocenters. The lowest BCUT2D eigenvalue weighted by molar-refractivity contribution is 0.242. The Labute approximate surface area is 121 Å². The fraction of sp³-hybridized carbons (Fsp3) is 0.250. The summed E-state index contributed by atoms with van der Waals surface area (Å²) >= 11 is 0. The molecular weight excluding hydrogens is 279 g/mol. The summed E-state index contributed by atoms with van der Waals surface area (Å²) in [5, 5.41) is 2.63. The maximum atomic E-state index is 13.5. The van der Waals surface area contributed by atoms with Crippen molar-refractivity contribution in [1.29, 1.82) is 0 Å². The van der Waals surface area contributed by atoms with Gasteiger partial charge in [0.15, 0.2) is 11.6 Å². The van der Waals surface area contributed by atoms with Crippen LogP contribution in [-0.4, -0.2) is 6.10 Å². The molecule has 1 N–H and O–H groups in total. The van der Waals surface area contributed by atoms with Gasteiger partial charge in [-0.3, -0.25) is 0 Å². The van der Waals surface area contributed by atoms with Crippen LogP contribution in [0.3, 0.4) is 0 Å². The predicted molar refractivity (Wildman–Crippen MR) is 75.8 cm³/mol. The molecule has 2 aromatic rings. The molecule has 2 rings (SSSR count). The number of hydrogen-bond acceptors (Lipinski definition) is 2. The van der Waals surface area contributed by atoms with Crippen molar-refractivity contribution in [3.05, 3.63) is 59.4 Å². The molecule has 21 heavy (non-hydrogen) atoms. The molecule has 0 aliphatic carbocycles. The molecule has 0 heterocycles. The van der Waals surface area contributed by atoms with Crippen molar-refractivity contribution >= 4 is 5.69 Å². The second kappa shape index (κ2) is 6.52. The topological polar surface area (TPSA) is 21.3 Å². The SMILES string of the molecule is CC(C)Oc1cccc(CNc2c(F)cc(F)cc2F)c1. The Bertz CT molecular complexity index is 606. The van der Waals surface area contributed by atoms with Crippen LogP contribution >= 0.6 is 0 Å². The zero-order valence-corrected chi connectivity index (χ0v) is 11.8. The van der Waals surface area contributed by atoms with Gasteiger partial charge in [-0.05, 0) is 31.5 Å². The van der Waals surface area contributed by atoms with Gasteiger partial charge in [-0.2, -0.15) is 0 Å². The zero-order chi connectivity index (χ0) is 15.4. The van der Waals surface area contributed by atoms with Crippen LogP contribution in [0.25, 0.3) is 0 Å². The predicted octanol–water partition coefficient (Wildman–Crippen LogP) is 4.50. The molecule has 0 spiro atoms. The Morgan fingerprint density at radius 2 is 1.71 bits per heavy atom. The van der Waals surface area contributed by atoms with Crippen molar-refractivity contribution in [2.75, 3.05) is 5.32 Å². The zero-order valence-electron chi connectivity index (χ0n) is 11.8. The van der Waals surface area contributed by atoms with Gasteiger partial charge in [0.1, 0.15) is 17.3 Å². The fourth-order valence-electron chi connectivity index (χ4n) is 1.90. The fourth-order valence-corrected chi connectivity index (χ4v) is 1.90. The van der Waals surface area contributed by atoms with E-state index in [4.69, 9.17) is 4.74 Å². The number of ether oxygens (including phenoxy) is 1. The normalized spacial score (nSPS) is 10.8. The molecule has 0 amide bonds. The lowest BCUT2D eigenvalue weighted by Crippen LogP contribution is -2.07. The average molecular weight is 295 g/mol. The standard InChI is InChI=1S/C16H16F3NO/c1-10(2)21-13-5-3-4-11(6-13)9-20-16-14(18)7-12(17)8-15(16)19/h3-8,10,20H,9H2,1-2H3. The molecule has 0 saturated carbocycles. The molecular formula is C16H16F3NO. The van der Waals surface area contributed by atoms with E-state index in [-0.39, 0.29) is 18.3 Å².